The van der Waals surface area contributed by atoms with E-state index in [2.05, 4.69) is 35.4 Å². The van der Waals surface area contributed by atoms with E-state index in [-0.39, 0.29) is 0 Å². The minimum atomic E-state index is 0.528. The fourth-order valence-electron chi connectivity index (χ4n) is 2.17. The van der Waals surface area contributed by atoms with E-state index in [1.54, 1.807) is 6.26 Å². The average Bonchev–Trinajstić information content (AvgIpc) is 3.11. The molecule has 0 unspecified atom stereocenters. The molecule has 2 aromatic rings. The summed E-state index contributed by atoms with van der Waals surface area (Å²) in [7, 11) is 3.42. The molecular weight excluding hydrogens is 304 g/mol. The molecule has 1 heterocycles. The summed E-state index contributed by atoms with van der Waals surface area (Å²) in [6.45, 7) is 4.89. The summed E-state index contributed by atoms with van der Waals surface area (Å²) in [5, 5.41) is 4.18. The minimum absolute atomic E-state index is 0.528. The van der Waals surface area contributed by atoms with Gasteiger partial charge in [0.2, 0.25) is 6.41 Å². The number of nitrogens with zero attached hydrogens (tertiary/aromatic N) is 2. The highest BCUT2D eigenvalue weighted by atomic mass is 16.3. The molecule has 1 aromatic carbocycles. The number of aliphatic imine (C=N–C) groups is 1. The zero-order valence-corrected chi connectivity index (χ0v) is 14.7. The highest BCUT2D eigenvalue weighted by Gasteiger charge is 2.04. The summed E-state index contributed by atoms with van der Waals surface area (Å²) in [4.78, 5) is 13.9. The largest absolute Gasteiger partial charge is 0.463 e. The fraction of sp³-hybridized carbons (Fsp3) is 0.333. The van der Waals surface area contributed by atoms with Crippen molar-refractivity contribution in [3.05, 3.63) is 53.5 Å². The Balaban J connectivity index is 0.000000505. The number of aryl methyl sites for hydroxylation is 1. The van der Waals surface area contributed by atoms with Gasteiger partial charge in [-0.05, 0) is 49.6 Å². The Kier molecular flexibility index (Phi) is 8.29. The van der Waals surface area contributed by atoms with E-state index in [1.807, 2.05) is 26.1 Å². The number of benzene rings is 1. The van der Waals surface area contributed by atoms with Crippen molar-refractivity contribution in [1.29, 1.82) is 0 Å². The molecular formula is C18H26N4O2. The minimum Gasteiger partial charge on any atom is -0.463 e. The topological polar surface area (TPSA) is 83.9 Å². The summed E-state index contributed by atoms with van der Waals surface area (Å²) < 4.78 is 5.32. The molecule has 24 heavy (non-hydrogen) atoms. The van der Waals surface area contributed by atoms with Crippen LogP contribution in [0.15, 0.2) is 46.0 Å². The van der Waals surface area contributed by atoms with Gasteiger partial charge in [-0.3, -0.25) is 14.8 Å². The molecule has 2 rings (SSSR count). The Morgan fingerprint density at radius 1 is 1.38 bits per heavy atom. The third kappa shape index (κ3) is 6.26. The van der Waals surface area contributed by atoms with Crippen molar-refractivity contribution in [2.24, 2.45) is 10.8 Å². The predicted octanol–water partition coefficient (Wildman–Crippen LogP) is 2.63. The third-order valence-electron chi connectivity index (χ3n) is 3.43. The Morgan fingerprint density at radius 3 is 2.62 bits per heavy atom. The van der Waals surface area contributed by atoms with Crippen LogP contribution in [0.25, 0.3) is 0 Å². The Bertz CT molecular complexity index is 649. The number of hydrogen-bond acceptors (Lipinski definition) is 5. The fourth-order valence-corrected chi connectivity index (χ4v) is 2.17. The highest BCUT2D eigenvalue weighted by Crippen LogP contribution is 2.19. The van der Waals surface area contributed by atoms with Gasteiger partial charge in [0.15, 0.2) is 0 Å². The zero-order chi connectivity index (χ0) is 17.9. The lowest BCUT2D eigenvalue weighted by atomic mass is 10.0. The maximum Gasteiger partial charge on any atom is 0.223 e. The van der Waals surface area contributed by atoms with Crippen molar-refractivity contribution in [3.63, 3.8) is 0 Å². The van der Waals surface area contributed by atoms with Gasteiger partial charge in [-0.25, -0.2) is 5.84 Å². The number of amides is 1. The standard InChI is InChI=1S/C16H20N2O.C2H6N2O/c1-12-6-4-7-15(17-3)14(12)9-10-18-13(2)16-8-5-11-19-16;1-4(3)2-5/h4-8,11,17H,9-10H2,1-3H3;2H,3H2,1H3. The van der Waals surface area contributed by atoms with E-state index in [0.29, 0.717) is 6.41 Å². The normalized spacial score (nSPS) is 10.6. The van der Waals surface area contributed by atoms with Crippen LogP contribution >= 0.6 is 0 Å². The lowest BCUT2D eigenvalue weighted by molar-refractivity contribution is -0.117. The second-order valence-electron chi connectivity index (χ2n) is 5.32. The first-order chi connectivity index (χ1) is 11.5. The average molecular weight is 330 g/mol. The molecule has 3 N–H and O–H groups in total. The molecule has 0 atom stereocenters. The first-order valence-electron chi connectivity index (χ1n) is 7.73. The molecule has 0 aliphatic heterocycles. The van der Waals surface area contributed by atoms with Gasteiger partial charge in [-0.2, -0.15) is 0 Å². The summed E-state index contributed by atoms with van der Waals surface area (Å²) in [5.74, 6) is 5.60. The molecule has 6 nitrogen and oxygen atoms in total. The summed E-state index contributed by atoms with van der Waals surface area (Å²) in [6, 6.07) is 10.1. The summed E-state index contributed by atoms with van der Waals surface area (Å²) >= 11 is 0. The molecule has 0 saturated heterocycles. The molecule has 1 aromatic heterocycles. The summed E-state index contributed by atoms with van der Waals surface area (Å²) in [6.07, 6.45) is 3.13. The second kappa shape index (κ2) is 10.2. The first kappa shape index (κ1) is 19.4. The van der Waals surface area contributed by atoms with Crippen LogP contribution in [0.4, 0.5) is 5.69 Å². The molecule has 0 saturated carbocycles. The van der Waals surface area contributed by atoms with Crippen molar-refractivity contribution in [2.75, 3.05) is 26.0 Å². The predicted molar refractivity (Wildman–Crippen MR) is 98.2 cm³/mol. The second-order valence-corrected chi connectivity index (χ2v) is 5.32. The van der Waals surface area contributed by atoms with Gasteiger partial charge < -0.3 is 9.73 Å². The molecule has 0 aliphatic carbocycles. The molecule has 0 bridgehead atoms. The van der Waals surface area contributed by atoms with E-state index in [0.717, 1.165) is 29.4 Å². The van der Waals surface area contributed by atoms with E-state index in [9.17, 15) is 4.79 Å². The van der Waals surface area contributed by atoms with E-state index in [1.165, 1.54) is 23.9 Å². The van der Waals surface area contributed by atoms with Crippen LogP contribution in [-0.4, -0.2) is 37.8 Å². The van der Waals surface area contributed by atoms with Gasteiger partial charge >= 0.3 is 0 Å². The van der Waals surface area contributed by atoms with Crippen LogP contribution in [0.1, 0.15) is 23.8 Å². The number of hydrogen-bond donors (Lipinski definition) is 2. The molecule has 130 valence electrons. The number of carbonyl (C=O) groups excluding carboxylic acids is 1. The number of hydrazine groups is 1. The lowest BCUT2D eigenvalue weighted by Gasteiger charge is -2.11. The Hall–Kier alpha value is -2.60. The van der Waals surface area contributed by atoms with Crippen LogP contribution in [0.2, 0.25) is 0 Å². The molecule has 0 radical (unpaired) electrons. The van der Waals surface area contributed by atoms with Gasteiger partial charge in [0.05, 0.1) is 12.0 Å². The Labute approximate surface area is 143 Å². The van der Waals surface area contributed by atoms with Crippen LogP contribution in [-0.2, 0) is 11.2 Å². The van der Waals surface area contributed by atoms with Gasteiger partial charge in [0.1, 0.15) is 5.76 Å². The summed E-state index contributed by atoms with van der Waals surface area (Å²) in [5.41, 5.74) is 4.77. The number of furan rings is 1. The monoisotopic (exact) mass is 330 g/mol. The van der Waals surface area contributed by atoms with Gasteiger partial charge in [-0.15, -0.1) is 0 Å². The van der Waals surface area contributed by atoms with Crippen molar-refractivity contribution < 1.29 is 9.21 Å². The number of carbonyl (C=O) groups is 1. The number of rotatable bonds is 6. The van der Waals surface area contributed by atoms with E-state index in [4.69, 9.17) is 10.3 Å². The lowest BCUT2D eigenvalue weighted by Crippen LogP contribution is -2.23. The third-order valence-corrected chi connectivity index (χ3v) is 3.43. The van der Waals surface area contributed by atoms with E-state index < -0.39 is 0 Å². The number of anilines is 1. The van der Waals surface area contributed by atoms with Gasteiger partial charge in [-0.1, -0.05) is 12.1 Å². The van der Waals surface area contributed by atoms with Crippen LogP contribution in [0.3, 0.4) is 0 Å². The first-order valence-corrected chi connectivity index (χ1v) is 7.73. The molecule has 0 fully saturated rings. The van der Waals surface area contributed by atoms with Crippen molar-refractivity contribution in [1.82, 2.24) is 5.01 Å². The van der Waals surface area contributed by atoms with Gasteiger partial charge in [0.25, 0.3) is 0 Å². The maximum absolute atomic E-state index is 9.31. The van der Waals surface area contributed by atoms with Crippen molar-refractivity contribution >= 4 is 17.8 Å². The van der Waals surface area contributed by atoms with Crippen molar-refractivity contribution in [2.45, 2.75) is 20.3 Å². The van der Waals surface area contributed by atoms with Crippen LogP contribution in [0.5, 0.6) is 0 Å². The Morgan fingerprint density at radius 2 is 2.08 bits per heavy atom. The maximum atomic E-state index is 9.31. The molecule has 0 spiro atoms. The number of nitrogens with one attached hydrogen (secondary N) is 1. The quantitative estimate of drug-likeness (QED) is 0.280. The number of nitrogens with two attached hydrogens (primary N) is 1. The molecule has 0 aliphatic rings. The zero-order valence-electron chi connectivity index (χ0n) is 14.7. The van der Waals surface area contributed by atoms with E-state index >= 15 is 0 Å². The van der Waals surface area contributed by atoms with Crippen LogP contribution in [0, 0.1) is 6.92 Å². The highest BCUT2D eigenvalue weighted by molar-refractivity contribution is 5.96. The van der Waals surface area contributed by atoms with Crippen LogP contribution < -0.4 is 11.2 Å². The smallest absolute Gasteiger partial charge is 0.223 e. The SMILES string of the molecule is CN(N)C=O.CNc1cccc(C)c1CCN=C(C)c1ccco1. The molecule has 6 heteroatoms. The molecule has 1 amide bonds. The van der Waals surface area contributed by atoms with Crippen molar-refractivity contribution in [3.8, 4) is 0 Å². The van der Waals surface area contributed by atoms with Gasteiger partial charge in [0, 0.05) is 26.3 Å².